The Hall–Kier alpha value is -8.14. The van der Waals surface area contributed by atoms with Gasteiger partial charge >= 0.3 is 0 Å². The van der Waals surface area contributed by atoms with Crippen molar-refractivity contribution in [2.75, 3.05) is 0 Å². The zero-order valence-electron chi connectivity index (χ0n) is 35.7. The molecule has 0 aliphatic heterocycles. The fourth-order valence-electron chi connectivity index (χ4n) is 10.2. The molecule has 1 unspecified atom stereocenters. The van der Waals surface area contributed by atoms with Crippen LogP contribution >= 0.6 is 0 Å². The minimum absolute atomic E-state index is 0.0279. The maximum atomic E-state index is 4.85. The van der Waals surface area contributed by atoms with E-state index in [2.05, 4.69) is 213 Å². The number of benzene rings is 8. The van der Waals surface area contributed by atoms with E-state index >= 15 is 0 Å². The first-order chi connectivity index (χ1) is 31.6. The smallest absolute Gasteiger partial charge is 0.0731 e. The normalized spacial score (nSPS) is 13.0. The first kappa shape index (κ1) is 37.6. The minimum atomic E-state index is 0.0279. The molecular formula is C61H43N3. The van der Waals surface area contributed by atoms with Crippen LogP contribution in [0.15, 0.2) is 219 Å². The summed E-state index contributed by atoms with van der Waals surface area (Å²) < 4.78 is 2.45. The molecule has 0 radical (unpaired) electrons. The number of pyridine rings is 2. The summed E-state index contributed by atoms with van der Waals surface area (Å²) >= 11 is 0. The van der Waals surface area contributed by atoms with Crippen molar-refractivity contribution < 1.29 is 0 Å². The first-order valence-corrected chi connectivity index (χ1v) is 22.1. The van der Waals surface area contributed by atoms with Gasteiger partial charge in [0.05, 0.1) is 22.4 Å². The molecule has 0 spiro atoms. The SMILES string of the molecule is Cc1cccnc1-c1ccc2c(c1)C(c1cc(-c3ccccc3)cc(-c3cc(-c4ccccc4)cc(-n4c5ccccc5c5ccc(-c6ncccc6C)cc54)c3)c1)c1ccccc1-2. The zero-order valence-corrected chi connectivity index (χ0v) is 35.7. The molecule has 0 fully saturated rings. The average molecular weight is 818 g/mol. The molecule has 11 aromatic rings. The molecule has 0 bridgehead atoms. The Bertz CT molecular complexity index is 3580. The van der Waals surface area contributed by atoms with E-state index in [1.165, 1.54) is 71.9 Å². The van der Waals surface area contributed by atoms with Gasteiger partial charge in [-0.1, -0.05) is 152 Å². The highest BCUT2D eigenvalue weighted by molar-refractivity contribution is 6.10. The Morgan fingerprint density at radius 2 is 0.891 bits per heavy atom. The van der Waals surface area contributed by atoms with E-state index in [1.807, 2.05) is 24.5 Å². The van der Waals surface area contributed by atoms with Gasteiger partial charge in [-0.25, -0.2) is 0 Å². The Morgan fingerprint density at radius 1 is 0.359 bits per heavy atom. The summed E-state index contributed by atoms with van der Waals surface area (Å²) in [5.74, 6) is 0.0279. The number of aromatic nitrogens is 3. The summed E-state index contributed by atoms with van der Waals surface area (Å²) in [6.07, 6.45) is 3.79. The summed E-state index contributed by atoms with van der Waals surface area (Å²) in [6.45, 7) is 4.29. The molecule has 1 aliphatic carbocycles. The van der Waals surface area contributed by atoms with Crippen LogP contribution in [0.4, 0.5) is 0 Å². The van der Waals surface area contributed by atoms with Crippen LogP contribution in [0.2, 0.25) is 0 Å². The third kappa shape index (κ3) is 6.36. The van der Waals surface area contributed by atoms with E-state index in [-0.39, 0.29) is 5.92 Å². The van der Waals surface area contributed by atoms with Crippen LogP contribution < -0.4 is 0 Å². The molecule has 0 amide bonds. The Kier molecular flexibility index (Phi) is 9.01. The first-order valence-electron chi connectivity index (χ1n) is 22.1. The molecule has 12 rings (SSSR count). The van der Waals surface area contributed by atoms with E-state index in [0.717, 1.165) is 50.4 Å². The van der Waals surface area contributed by atoms with Crippen molar-refractivity contribution >= 4 is 21.8 Å². The average Bonchev–Trinajstić information content (AvgIpc) is 3.87. The summed E-state index contributed by atoms with van der Waals surface area (Å²) in [4.78, 5) is 9.68. The number of nitrogens with zero attached hydrogens (tertiary/aromatic N) is 3. The molecule has 3 heteroatoms. The van der Waals surface area contributed by atoms with Crippen LogP contribution in [-0.4, -0.2) is 14.5 Å². The molecule has 1 aliphatic rings. The van der Waals surface area contributed by atoms with E-state index in [0.29, 0.717) is 0 Å². The number of fused-ring (bicyclic) bond motifs is 6. The third-order valence-electron chi connectivity index (χ3n) is 13.2. The molecule has 8 aromatic carbocycles. The maximum absolute atomic E-state index is 4.85. The van der Waals surface area contributed by atoms with Gasteiger partial charge in [-0.15, -0.1) is 0 Å². The monoisotopic (exact) mass is 817 g/mol. The Morgan fingerprint density at radius 3 is 1.58 bits per heavy atom. The van der Waals surface area contributed by atoms with Crippen LogP contribution in [0, 0.1) is 13.8 Å². The predicted molar refractivity (Wildman–Crippen MR) is 266 cm³/mol. The highest BCUT2D eigenvalue weighted by atomic mass is 15.0. The predicted octanol–water partition coefficient (Wildman–Crippen LogP) is 15.7. The standard InChI is InChI=1S/C61H43N3/c1-39-15-13-29-62-60(39)43-25-27-52-51-21-9-10-23-55(51)59(56(52)37-43)49-33-45(41-17-5-3-6-18-41)31-46(34-49)48-32-47(42-19-7-4-8-20-42)35-50(36-48)64-57-24-12-11-22-53(57)54-28-26-44(38-58(54)64)61-40(2)16-14-30-63-61/h3-38,59H,1-2H3. The van der Waals surface area contributed by atoms with Gasteiger partial charge in [0.1, 0.15) is 0 Å². The molecule has 1 atom stereocenters. The van der Waals surface area contributed by atoms with Crippen molar-refractivity contribution in [2.24, 2.45) is 0 Å². The van der Waals surface area contributed by atoms with Gasteiger partial charge in [0.25, 0.3) is 0 Å². The second kappa shape index (κ2) is 15.3. The number of hydrogen-bond donors (Lipinski definition) is 0. The molecule has 64 heavy (non-hydrogen) atoms. The van der Waals surface area contributed by atoms with Crippen LogP contribution in [0.1, 0.15) is 33.7 Å². The zero-order chi connectivity index (χ0) is 42.7. The van der Waals surface area contributed by atoms with E-state index < -0.39 is 0 Å². The lowest BCUT2D eigenvalue weighted by Gasteiger charge is -2.20. The van der Waals surface area contributed by atoms with E-state index in [4.69, 9.17) is 9.97 Å². The topological polar surface area (TPSA) is 30.7 Å². The van der Waals surface area contributed by atoms with Crippen molar-refractivity contribution in [3.63, 3.8) is 0 Å². The summed E-state index contributed by atoms with van der Waals surface area (Å²) in [5.41, 5.74) is 23.5. The maximum Gasteiger partial charge on any atom is 0.0731 e. The molecule has 3 nitrogen and oxygen atoms in total. The van der Waals surface area contributed by atoms with Gasteiger partial charge in [0.15, 0.2) is 0 Å². The van der Waals surface area contributed by atoms with Gasteiger partial charge in [-0.2, -0.15) is 0 Å². The number of aryl methyl sites for hydroxylation is 2. The highest BCUT2D eigenvalue weighted by Crippen LogP contribution is 2.50. The van der Waals surface area contributed by atoms with Gasteiger partial charge in [0.2, 0.25) is 0 Å². The number of rotatable bonds is 7. The summed E-state index contributed by atoms with van der Waals surface area (Å²) in [5, 5.41) is 2.44. The molecular weight excluding hydrogens is 775 g/mol. The van der Waals surface area contributed by atoms with Crippen molar-refractivity contribution in [1.29, 1.82) is 0 Å². The molecule has 3 heterocycles. The van der Waals surface area contributed by atoms with E-state index in [9.17, 15) is 0 Å². The molecule has 0 N–H and O–H groups in total. The second-order valence-electron chi connectivity index (χ2n) is 17.1. The number of para-hydroxylation sites is 1. The van der Waals surface area contributed by atoms with Crippen LogP contribution in [-0.2, 0) is 0 Å². The van der Waals surface area contributed by atoms with E-state index in [1.54, 1.807) is 0 Å². The molecule has 0 saturated carbocycles. The second-order valence-corrected chi connectivity index (χ2v) is 17.1. The minimum Gasteiger partial charge on any atom is -0.309 e. The van der Waals surface area contributed by atoms with Crippen LogP contribution in [0.5, 0.6) is 0 Å². The van der Waals surface area contributed by atoms with Gasteiger partial charge < -0.3 is 4.57 Å². The van der Waals surface area contributed by atoms with Gasteiger partial charge in [-0.05, 0) is 141 Å². The highest BCUT2D eigenvalue weighted by Gasteiger charge is 2.31. The van der Waals surface area contributed by atoms with Crippen molar-refractivity contribution in [1.82, 2.24) is 14.5 Å². The van der Waals surface area contributed by atoms with Crippen molar-refractivity contribution in [3.05, 3.63) is 246 Å². The third-order valence-corrected chi connectivity index (χ3v) is 13.2. The quantitative estimate of drug-likeness (QED) is 0.160. The lowest BCUT2D eigenvalue weighted by Crippen LogP contribution is -2.02. The fraction of sp³-hybridized carbons (Fsp3) is 0.0492. The summed E-state index contributed by atoms with van der Waals surface area (Å²) in [7, 11) is 0. The lowest BCUT2D eigenvalue weighted by atomic mass is 9.84. The largest absolute Gasteiger partial charge is 0.309 e. The Balaban J connectivity index is 1.11. The van der Waals surface area contributed by atoms with Crippen molar-refractivity contribution in [2.45, 2.75) is 19.8 Å². The number of hydrogen-bond acceptors (Lipinski definition) is 2. The van der Waals surface area contributed by atoms with Crippen LogP contribution in [0.3, 0.4) is 0 Å². The van der Waals surface area contributed by atoms with Crippen LogP contribution in [0.25, 0.3) is 94.5 Å². The van der Waals surface area contributed by atoms with Crippen molar-refractivity contribution in [3.8, 4) is 72.7 Å². The summed E-state index contributed by atoms with van der Waals surface area (Å²) in [6, 6.07) is 75.8. The lowest BCUT2D eigenvalue weighted by molar-refractivity contribution is 1.02. The van der Waals surface area contributed by atoms with Gasteiger partial charge in [-0.3, -0.25) is 9.97 Å². The molecule has 302 valence electrons. The van der Waals surface area contributed by atoms with Gasteiger partial charge in [0, 0.05) is 45.9 Å². The fourth-order valence-corrected chi connectivity index (χ4v) is 10.2. The molecule has 3 aromatic heterocycles. The Labute approximate surface area is 373 Å². The molecule has 0 saturated heterocycles.